The number of halogens is 2. The van der Waals surface area contributed by atoms with E-state index in [0.717, 1.165) is 20.6 Å². The highest BCUT2D eigenvalue weighted by Crippen LogP contribution is 2.36. The van der Waals surface area contributed by atoms with Crippen LogP contribution in [0.1, 0.15) is 0 Å². The van der Waals surface area contributed by atoms with Gasteiger partial charge in [-0.05, 0) is 50.1 Å². The minimum absolute atomic E-state index is 0.791. The van der Waals surface area contributed by atoms with E-state index in [-0.39, 0.29) is 0 Å². The van der Waals surface area contributed by atoms with E-state index in [1.54, 1.807) is 0 Å². The summed E-state index contributed by atoms with van der Waals surface area (Å²) in [6, 6.07) is 9.71. The molecule has 2 rings (SSSR count). The van der Waals surface area contributed by atoms with E-state index in [4.69, 9.17) is 4.74 Å². The third-order valence-electron chi connectivity index (χ3n) is 2.02. The molecule has 1 aromatic heterocycles. The average Bonchev–Trinajstić information content (AvgIpc) is 2.58. The second-order valence-electron chi connectivity index (χ2n) is 3.11. The van der Waals surface area contributed by atoms with Crippen molar-refractivity contribution >= 4 is 31.9 Å². The van der Waals surface area contributed by atoms with Crippen molar-refractivity contribution < 1.29 is 4.74 Å². The van der Waals surface area contributed by atoms with Crippen LogP contribution in [0.15, 0.2) is 45.5 Å². The lowest BCUT2D eigenvalue weighted by molar-refractivity contribution is 0.438. The van der Waals surface area contributed by atoms with Crippen molar-refractivity contribution in [3.63, 3.8) is 0 Å². The lowest BCUT2D eigenvalue weighted by atomic mass is 10.3. The van der Waals surface area contributed by atoms with E-state index in [0.29, 0.717) is 0 Å². The topological polar surface area (TPSA) is 14.2 Å². The minimum atomic E-state index is 0.791. The smallest absolute Gasteiger partial charge is 0.199 e. The molecule has 0 spiro atoms. The third kappa shape index (κ3) is 2.26. The van der Waals surface area contributed by atoms with Gasteiger partial charge in [0, 0.05) is 19.3 Å². The van der Waals surface area contributed by atoms with Crippen molar-refractivity contribution in [2.24, 2.45) is 7.05 Å². The first-order valence-electron chi connectivity index (χ1n) is 4.41. The number of benzene rings is 1. The second-order valence-corrected chi connectivity index (χ2v) is 4.82. The zero-order valence-electron chi connectivity index (χ0n) is 8.08. The molecule has 0 unspecified atom stereocenters. The Bertz CT molecular complexity index is 459. The van der Waals surface area contributed by atoms with Crippen molar-refractivity contribution in [3.8, 4) is 11.6 Å². The maximum Gasteiger partial charge on any atom is 0.199 e. The van der Waals surface area contributed by atoms with E-state index >= 15 is 0 Å². The maximum atomic E-state index is 5.78. The first-order valence-corrected chi connectivity index (χ1v) is 6.00. The molecular formula is C11H9Br2NO. The number of aromatic nitrogens is 1. The van der Waals surface area contributed by atoms with Crippen LogP contribution in [0.3, 0.4) is 0 Å². The standard InChI is InChI=1S/C11H9Br2NO/c1-14-7-3-6-10(14)15-11-8(12)4-2-5-9(11)13/h2-7H,1H3. The van der Waals surface area contributed by atoms with Crippen LogP contribution in [0, 0.1) is 0 Å². The number of aryl methyl sites for hydroxylation is 1. The molecule has 0 fully saturated rings. The van der Waals surface area contributed by atoms with Gasteiger partial charge < -0.3 is 9.30 Å². The summed E-state index contributed by atoms with van der Waals surface area (Å²) in [5.74, 6) is 1.60. The molecule has 2 aromatic rings. The van der Waals surface area contributed by atoms with Gasteiger partial charge in [0.2, 0.25) is 0 Å². The number of hydrogen-bond acceptors (Lipinski definition) is 1. The Balaban J connectivity index is 2.36. The Labute approximate surface area is 105 Å². The highest BCUT2D eigenvalue weighted by Gasteiger charge is 2.08. The molecule has 0 saturated carbocycles. The lowest BCUT2D eigenvalue weighted by Crippen LogP contribution is -1.93. The van der Waals surface area contributed by atoms with Gasteiger partial charge in [-0.25, -0.2) is 0 Å². The molecule has 15 heavy (non-hydrogen) atoms. The predicted molar refractivity (Wildman–Crippen MR) is 67.3 cm³/mol. The summed E-state index contributed by atoms with van der Waals surface area (Å²) in [5.41, 5.74) is 0. The zero-order chi connectivity index (χ0) is 10.8. The summed E-state index contributed by atoms with van der Waals surface area (Å²) < 4.78 is 9.56. The molecule has 0 N–H and O–H groups in total. The second kappa shape index (κ2) is 4.41. The first-order chi connectivity index (χ1) is 7.18. The molecule has 0 amide bonds. The summed E-state index contributed by atoms with van der Waals surface area (Å²) in [7, 11) is 1.94. The highest BCUT2D eigenvalue weighted by atomic mass is 79.9. The van der Waals surface area contributed by atoms with Crippen molar-refractivity contribution in [1.82, 2.24) is 4.57 Å². The summed E-state index contributed by atoms with van der Waals surface area (Å²) in [6.45, 7) is 0. The Morgan fingerprint density at radius 1 is 1.07 bits per heavy atom. The van der Waals surface area contributed by atoms with Crippen LogP contribution in [0.2, 0.25) is 0 Å². The lowest BCUT2D eigenvalue weighted by Gasteiger charge is -2.09. The molecule has 0 saturated heterocycles. The zero-order valence-corrected chi connectivity index (χ0v) is 11.2. The van der Waals surface area contributed by atoms with E-state index in [2.05, 4.69) is 31.9 Å². The fourth-order valence-electron chi connectivity index (χ4n) is 1.24. The Hall–Kier alpha value is -0.740. The molecule has 0 radical (unpaired) electrons. The van der Waals surface area contributed by atoms with Gasteiger partial charge in [0.15, 0.2) is 11.6 Å². The van der Waals surface area contributed by atoms with E-state index in [1.807, 2.05) is 48.1 Å². The fraction of sp³-hybridized carbons (Fsp3) is 0.0909. The normalized spacial score (nSPS) is 10.3. The molecule has 2 nitrogen and oxygen atoms in total. The summed E-state index contributed by atoms with van der Waals surface area (Å²) in [6.07, 6.45) is 1.94. The van der Waals surface area contributed by atoms with Crippen LogP contribution in [-0.4, -0.2) is 4.57 Å². The Morgan fingerprint density at radius 3 is 2.27 bits per heavy atom. The number of para-hydroxylation sites is 1. The van der Waals surface area contributed by atoms with Gasteiger partial charge in [-0.3, -0.25) is 0 Å². The van der Waals surface area contributed by atoms with Gasteiger partial charge in [0.1, 0.15) is 0 Å². The number of nitrogens with zero attached hydrogens (tertiary/aromatic N) is 1. The Morgan fingerprint density at radius 2 is 1.73 bits per heavy atom. The van der Waals surface area contributed by atoms with Gasteiger partial charge in [-0.15, -0.1) is 0 Å². The molecular weight excluding hydrogens is 322 g/mol. The van der Waals surface area contributed by atoms with Gasteiger partial charge in [-0.1, -0.05) is 6.07 Å². The van der Waals surface area contributed by atoms with Crippen molar-refractivity contribution in [2.45, 2.75) is 0 Å². The monoisotopic (exact) mass is 329 g/mol. The maximum absolute atomic E-state index is 5.78. The largest absolute Gasteiger partial charge is 0.438 e. The SMILES string of the molecule is Cn1cccc1Oc1c(Br)cccc1Br. The molecule has 0 bridgehead atoms. The van der Waals surface area contributed by atoms with Crippen LogP contribution in [0.25, 0.3) is 0 Å². The third-order valence-corrected chi connectivity index (χ3v) is 3.27. The molecule has 0 aliphatic carbocycles. The molecule has 4 heteroatoms. The van der Waals surface area contributed by atoms with Crippen molar-refractivity contribution in [1.29, 1.82) is 0 Å². The molecule has 78 valence electrons. The average molecular weight is 331 g/mol. The predicted octanol–water partition coefficient (Wildman–Crippen LogP) is 4.34. The van der Waals surface area contributed by atoms with Crippen LogP contribution in [-0.2, 0) is 7.05 Å². The van der Waals surface area contributed by atoms with E-state index in [9.17, 15) is 0 Å². The number of hydrogen-bond donors (Lipinski definition) is 0. The summed E-state index contributed by atoms with van der Waals surface area (Å²) in [4.78, 5) is 0. The first kappa shape index (κ1) is 10.8. The van der Waals surface area contributed by atoms with Gasteiger partial charge >= 0.3 is 0 Å². The van der Waals surface area contributed by atoms with Crippen LogP contribution < -0.4 is 4.74 Å². The van der Waals surface area contributed by atoms with Gasteiger partial charge in [0.05, 0.1) is 8.95 Å². The highest BCUT2D eigenvalue weighted by molar-refractivity contribution is 9.11. The minimum Gasteiger partial charge on any atom is -0.438 e. The van der Waals surface area contributed by atoms with Gasteiger partial charge in [0.25, 0.3) is 0 Å². The Kier molecular flexibility index (Phi) is 3.17. The van der Waals surface area contributed by atoms with E-state index in [1.165, 1.54) is 0 Å². The molecule has 0 aliphatic rings. The quantitative estimate of drug-likeness (QED) is 0.798. The number of ether oxygens (including phenoxy) is 1. The fourth-order valence-corrected chi connectivity index (χ4v) is 2.40. The molecule has 0 atom stereocenters. The molecule has 1 aromatic carbocycles. The van der Waals surface area contributed by atoms with Crippen molar-refractivity contribution in [3.05, 3.63) is 45.5 Å². The van der Waals surface area contributed by atoms with Gasteiger partial charge in [-0.2, -0.15) is 0 Å². The van der Waals surface area contributed by atoms with Crippen LogP contribution in [0.4, 0.5) is 0 Å². The van der Waals surface area contributed by atoms with Crippen LogP contribution in [0.5, 0.6) is 11.6 Å². The number of rotatable bonds is 2. The summed E-state index contributed by atoms with van der Waals surface area (Å²) in [5, 5.41) is 0. The molecule has 0 aliphatic heterocycles. The van der Waals surface area contributed by atoms with Crippen LogP contribution >= 0.6 is 31.9 Å². The van der Waals surface area contributed by atoms with E-state index < -0.39 is 0 Å². The van der Waals surface area contributed by atoms with Crippen molar-refractivity contribution in [2.75, 3.05) is 0 Å². The molecule has 1 heterocycles. The summed E-state index contributed by atoms with van der Waals surface area (Å²) >= 11 is 6.91.